The molecule has 0 aliphatic heterocycles. The Labute approximate surface area is 191 Å². The Kier molecular flexibility index (Phi) is 7.59. The molecule has 150 valence electrons. The van der Waals surface area contributed by atoms with E-state index in [2.05, 4.69) is 97.1 Å². The SMILES string of the molecule is Clc1cccc(P(CCP(c2ccccc2)c2ccccc2)c2ccccc2)c1Cl. The molecule has 0 nitrogen and oxygen atoms in total. The van der Waals surface area contributed by atoms with Crippen LogP contribution in [0.5, 0.6) is 0 Å². The molecule has 0 aliphatic rings. The third-order valence-electron chi connectivity index (χ3n) is 4.97. The molecule has 0 aliphatic carbocycles. The van der Waals surface area contributed by atoms with Crippen molar-refractivity contribution in [3.63, 3.8) is 0 Å². The third-order valence-corrected chi connectivity index (χ3v) is 11.3. The van der Waals surface area contributed by atoms with Gasteiger partial charge in [0.2, 0.25) is 0 Å². The van der Waals surface area contributed by atoms with E-state index >= 15 is 0 Å². The molecule has 0 saturated heterocycles. The highest BCUT2D eigenvalue weighted by Crippen LogP contribution is 2.43. The summed E-state index contributed by atoms with van der Waals surface area (Å²) < 4.78 is 0. The molecule has 0 bridgehead atoms. The van der Waals surface area contributed by atoms with Crippen molar-refractivity contribution in [1.29, 1.82) is 0 Å². The van der Waals surface area contributed by atoms with E-state index in [1.807, 2.05) is 12.1 Å². The van der Waals surface area contributed by atoms with Crippen LogP contribution in [0.4, 0.5) is 0 Å². The van der Waals surface area contributed by atoms with E-state index in [0.717, 1.165) is 12.3 Å². The van der Waals surface area contributed by atoms with Crippen LogP contribution in [0.1, 0.15) is 0 Å². The van der Waals surface area contributed by atoms with Gasteiger partial charge >= 0.3 is 0 Å². The number of hydrogen-bond donors (Lipinski definition) is 0. The molecule has 4 rings (SSSR count). The third kappa shape index (κ3) is 5.14. The predicted octanol–water partition coefficient (Wildman–Crippen LogP) is 6.56. The Balaban J connectivity index is 1.69. The van der Waals surface area contributed by atoms with Gasteiger partial charge < -0.3 is 0 Å². The van der Waals surface area contributed by atoms with E-state index in [1.165, 1.54) is 21.2 Å². The fourth-order valence-corrected chi connectivity index (χ4v) is 9.60. The molecular weight excluding hydrogens is 445 g/mol. The second-order valence-electron chi connectivity index (χ2n) is 6.88. The summed E-state index contributed by atoms with van der Waals surface area (Å²) in [6.45, 7) is 0. The molecule has 0 heterocycles. The second kappa shape index (κ2) is 10.6. The quantitative estimate of drug-likeness (QED) is 0.270. The first kappa shape index (κ1) is 21.5. The van der Waals surface area contributed by atoms with Gasteiger partial charge in [0.05, 0.1) is 10.0 Å². The van der Waals surface area contributed by atoms with Crippen molar-refractivity contribution < 1.29 is 0 Å². The van der Waals surface area contributed by atoms with Gasteiger partial charge in [0, 0.05) is 5.30 Å². The molecule has 4 heteroatoms. The molecule has 4 aromatic carbocycles. The van der Waals surface area contributed by atoms with E-state index in [9.17, 15) is 0 Å². The molecule has 0 fully saturated rings. The molecule has 1 unspecified atom stereocenters. The normalized spacial score (nSPS) is 12.1. The number of benzene rings is 4. The Morgan fingerprint density at radius 2 is 0.900 bits per heavy atom. The molecule has 0 radical (unpaired) electrons. The molecular formula is C26H22Cl2P2. The molecule has 0 N–H and O–H groups in total. The minimum absolute atomic E-state index is 0.441. The van der Waals surface area contributed by atoms with Crippen LogP contribution in [-0.2, 0) is 0 Å². The smallest absolute Gasteiger partial charge is 0.0672 e. The predicted molar refractivity (Wildman–Crippen MR) is 138 cm³/mol. The summed E-state index contributed by atoms with van der Waals surface area (Å²) in [5, 5.41) is 6.66. The van der Waals surface area contributed by atoms with Gasteiger partial charge in [-0.2, -0.15) is 0 Å². The van der Waals surface area contributed by atoms with Crippen LogP contribution in [0, 0.1) is 0 Å². The van der Waals surface area contributed by atoms with Gasteiger partial charge in [-0.3, -0.25) is 0 Å². The van der Waals surface area contributed by atoms with Crippen LogP contribution in [0.3, 0.4) is 0 Å². The molecule has 0 saturated carbocycles. The maximum absolute atomic E-state index is 6.68. The Morgan fingerprint density at radius 1 is 0.467 bits per heavy atom. The zero-order chi connectivity index (χ0) is 20.8. The molecule has 1 atom stereocenters. The van der Waals surface area contributed by atoms with Crippen LogP contribution in [0.2, 0.25) is 10.0 Å². The second-order valence-corrected chi connectivity index (χ2v) is 12.3. The summed E-state index contributed by atoms with van der Waals surface area (Å²) in [7, 11) is -1.04. The van der Waals surface area contributed by atoms with Crippen molar-refractivity contribution in [1.82, 2.24) is 0 Å². The van der Waals surface area contributed by atoms with E-state index < -0.39 is 15.8 Å². The van der Waals surface area contributed by atoms with Gasteiger partial charge in [-0.1, -0.05) is 126 Å². The average molecular weight is 467 g/mol. The minimum atomic E-state index is -0.601. The van der Waals surface area contributed by atoms with Crippen molar-refractivity contribution >= 4 is 60.3 Å². The summed E-state index contributed by atoms with van der Waals surface area (Å²) in [4.78, 5) is 0. The van der Waals surface area contributed by atoms with Gasteiger partial charge in [0.1, 0.15) is 0 Å². The van der Waals surface area contributed by atoms with Crippen LogP contribution in [0.15, 0.2) is 109 Å². The molecule has 0 aromatic heterocycles. The summed E-state index contributed by atoms with van der Waals surface area (Å²) in [6.07, 6.45) is 2.17. The minimum Gasteiger partial charge on any atom is -0.0827 e. The lowest BCUT2D eigenvalue weighted by Gasteiger charge is -2.24. The summed E-state index contributed by atoms with van der Waals surface area (Å²) in [5.74, 6) is 0. The highest BCUT2D eigenvalue weighted by molar-refractivity contribution is 7.76. The fraction of sp³-hybridized carbons (Fsp3) is 0.0769. The monoisotopic (exact) mass is 466 g/mol. The van der Waals surface area contributed by atoms with Gasteiger partial charge in [0.15, 0.2) is 0 Å². The van der Waals surface area contributed by atoms with Crippen LogP contribution < -0.4 is 21.2 Å². The van der Waals surface area contributed by atoms with E-state index in [1.54, 1.807) is 0 Å². The zero-order valence-corrected chi connectivity index (χ0v) is 19.8. The van der Waals surface area contributed by atoms with E-state index in [-0.39, 0.29) is 0 Å². The van der Waals surface area contributed by atoms with Crippen molar-refractivity contribution in [3.05, 3.63) is 119 Å². The van der Waals surface area contributed by atoms with E-state index in [4.69, 9.17) is 23.2 Å². The maximum Gasteiger partial charge on any atom is 0.0672 e. The zero-order valence-electron chi connectivity index (χ0n) is 16.5. The Bertz CT molecular complexity index is 1030. The van der Waals surface area contributed by atoms with Gasteiger partial charge in [-0.25, -0.2) is 0 Å². The summed E-state index contributed by atoms with van der Waals surface area (Å²) >= 11 is 13.1. The molecule has 0 amide bonds. The fourth-order valence-electron chi connectivity index (χ4n) is 3.52. The van der Waals surface area contributed by atoms with E-state index in [0.29, 0.717) is 10.0 Å². The first-order valence-electron chi connectivity index (χ1n) is 9.88. The molecule has 0 spiro atoms. The lowest BCUT2D eigenvalue weighted by molar-refractivity contribution is 1.51. The highest BCUT2D eigenvalue weighted by Gasteiger charge is 2.21. The number of hydrogen-bond acceptors (Lipinski definition) is 0. The first-order valence-corrected chi connectivity index (χ1v) is 13.7. The maximum atomic E-state index is 6.68. The van der Waals surface area contributed by atoms with Crippen LogP contribution in [0.25, 0.3) is 0 Å². The average Bonchev–Trinajstić information content (AvgIpc) is 2.81. The van der Waals surface area contributed by atoms with Crippen molar-refractivity contribution in [2.75, 3.05) is 12.3 Å². The summed E-state index contributed by atoms with van der Waals surface area (Å²) in [5.41, 5.74) is 0. The summed E-state index contributed by atoms with van der Waals surface area (Å²) in [6, 6.07) is 38.5. The molecule has 30 heavy (non-hydrogen) atoms. The van der Waals surface area contributed by atoms with Crippen molar-refractivity contribution in [2.24, 2.45) is 0 Å². The number of rotatable bonds is 7. The van der Waals surface area contributed by atoms with Gasteiger partial charge in [0.25, 0.3) is 0 Å². The topological polar surface area (TPSA) is 0 Å². The van der Waals surface area contributed by atoms with Crippen molar-refractivity contribution in [2.45, 2.75) is 0 Å². The lowest BCUT2D eigenvalue weighted by Crippen LogP contribution is -2.20. The van der Waals surface area contributed by atoms with Crippen LogP contribution >= 0.6 is 39.0 Å². The lowest BCUT2D eigenvalue weighted by atomic mass is 10.4. The largest absolute Gasteiger partial charge is 0.0827 e. The van der Waals surface area contributed by atoms with Gasteiger partial charge in [-0.15, -0.1) is 0 Å². The Hall–Kier alpha value is -1.68. The first-order chi connectivity index (χ1) is 14.7. The molecule has 4 aromatic rings. The van der Waals surface area contributed by atoms with Crippen molar-refractivity contribution in [3.8, 4) is 0 Å². The Morgan fingerprint density at radius 3 is 1.40 bits per heavy atom. The highest BCUT2D eigenvalue weighted by atomic mass is 35.5. The van der Waals surface area contributed by atoms with Crippen LogP contribution in [-0.4, -0.2) is 12.3 Å². The number of halogens is 2. The van der Waals surface area contributed by atoms with Gasteiger partial charge in [-0.05, 0) is 50.1 Å². The standard InChI is InChI=1S/C26H22Cl2P2/c27-24-17-10-18-25(26(24)28)30(23-15-8-3-9-16-23)20-19-29(21-11-4-1-5-12-21)22-13-6-2-7-14-22/h1-18H,19-20H2.